The number of hydrogen-bond acceptors (Lipinski definition) is 3. The van der Waals surface area contributed by atoms with Crippen molar-refractivity contribution in [1.29, 1.82) is 0 Å². The Balaban J connectivity index is 0.00000200. The minimum absolute atomic E-state index is 0. The number of benzene rings is 1. The summed E-state index contributed by atoms with van der Waals surface area (Å²) >= 11 is 3.34. The number of aryl methyl sites for hydroxylation is 1. The van der Waals surface area contributed by atoms with Crippen LogP contribution in [0.3, 0.4) is 0 Å². The molecule has 2 rings (SSSR count). The smallest absolute Gasteiger partial charge is 0.243 e. The minimum atomic E-state index is -3.42. The molecule has 1 aliphatic heterocycles. The Morgan fingerprint density at radius 3 is 2.50 bits per heavy atom. The molecule has 0 saturated carbocycles. The second-order valence-electron chi connectivity index (χ2n) is 4.91. The Hall–Kier alpha value is -0.140. The number of hydrogen-bond donors (Lipinski definition) is 1. The summed E-state index contributed by atoms with van der Waals surface area (Å²) in [6.07, 6.45) is 1.73. The molecule has 1 aliphatic rings. The highest BCUT2D eigenvalue weighted by Gasteiger charge is 2.30. The van der Waals surface area contributed by atoms with E-state index in [4.69, 9.17) is 0 Å². The molecule has 0 unspecified atom stereocenters. The summed E-state index contributed by atoms with van der Waals surface area (Å²) in [5, 5.41) is 3.25. The first-order chi connectivity index (χ1) is 8.93. The first-order valence-corrected chi connectivity index (χ1v) is 8.61. The quantitative estimate of drug-likeness (QED) is 0.872. The van der Waals surface area contributed by atoms with Crippen molar-refractivity contribution in [3.05, 3.63) is 28.2 Å². The molecule has 1 fully saturated rings. The predicted octanol–water partition coefficient (Wildman–Crippen LogP) is 2.55. The zero-order chi connectivity index (χ0) is 14.0. The van der Waals surface area contributed by atoms with Gasteiger partial charge in [-0.05, 0) is 50.6 Å². The van der Waals surface area contributed by atoms with Gasteiger partial charge in [-0.15, -0.1) is 12.4 Å². The van der Waals surface area contributed by atoms with Crippen molar-refractivity contribution in [3.63, 3.8) is 0 Å². The number of rotatable bonds is 3. The topological polar surface area (TPSA) is 49.4 Å². The molecule has 0 aromatic heterocycles. The van der Waals surface area contributed by atoms with Crippen molar-refractivity contribution in [3.8, 4) is 0 Å². The third kappa shape index (κ3) is 3.74. The maximum Gasteiger partial charge on any atom is 0.243 e. The van der Waals surface area contributed by atoms with Crippen LogP contribution in [0.2, 0.25) is 0 Å². The van der Waals surface area contributed by atoms with E-state index in [1.807, 2.05) is 19.1 Å². The average Bonchev–Trinajstić information content (AvgIpc) is 2.41. The average molecular weight is 384 g/mol. The Morgan fingerprint density at radius 1 is 1.30 bits per heavy atom. The molecular weight excluding hydrogens is 364 g/mol. The SMILES string of the molecule is Cc1ccc(Br)cc1S(=O)(=O)N(C)C1CCNCC1.Cl. The zero-order valence-electron chi connectivity index (χ0n) is 11.6. The van der Waals surface area contributed by atoms with Gasteiger partial charge >= 0.3 is 0 Å². The lowest BCUT2D eigenvalue weighted by molar-refractivity contribution is 0.296. The van der Waals surface area contributed by atoms with Crippen molar-refractivity contribution in [2.24, 2.45) is 0 Å². The molecule has 7 heteroatoms. The van der Waals surface area contributed by atoms with Gasteiger partial charge in [0, 0.05) is 17.6 Å². The monoisotopic (exact) mass is 382 g/mol. The van der Waals surface area contributed by atoms with Gasteiger partial charge in [-0.25, -0.2) is 8.42 Å². The van der Waals surface area contributed by atoms with Crippen molar-refractivity contribution in [1.82, 2.24) is 9.62 Å². The highest BCUT2D eigenvalue weighted by molar-refractivity contribution is 9.10. The molecule has 0 radical (unpaired) electrons. The molecule has 0 atom stereocenters. The fourth-order valence-corrected chi connectivity index (χ4v) is 4.55. The molecule has 1 N–H and O–H groups in total. The molecule has 4 nitrogen and oxygen atoms in total. The van der Waals surface area contributed by atoms with E-state index in [-0.39, 0.29) is 18.4 Å². The summed E-state index contributed by atoms with van der Waals surface area (Å²) in [5.74, 6) is 0. The highest BCUT2D eigenvalue weighted by Crippen LogP contribution is 2.26. The minimum Gasteiger partial charge on any atom is -0.317 e. The molecule has 20 heavy (non-hydrogen) atoms. The van der Waals surface area contributed by atoms with Crippen molar-refractivity contribution < 1.29 is 8.42 Å². The standard InChI is InChI=1S/C13H19BrN2O2S.ClH/c1-10-3-4-11(14)9-13(10)19(17,18)16(2)12-5-7-15-8-6-12;/h3-4,9,12,15H,5-8H2,1-2H3;1H. The van der Waals surface area contributed by atoms with Crippen molar-refractivity contribution >= 4 is 38.4 Å². The lowest BCUT2D eigenvalue weighted by atomic mass is 10.1. The normalized spacial score (nSPS) is 17.0. The van der Waals surface area contributed by atoms with Crippen LogP contribution in [-0.2, 0) is 10.0 Å². The van der Waals surface area contributed by atoms with E-state index in [2.05, 4.69) is 21.2 Å². The van der Waals surface area contributed by atoms with Crippen LogP contribution in [-0.4, -0.2) is 38.9 Å². The summed E-state index contributed by atoms with van der Waals surface area (Å²) in [6.45, 7) is 3.58. The van der Waals surface area contributed by atoms with Crippen molar-refractivity contribution in [2.75, 3.05) is 20.1 Å². The largest absolute Gasteiger partial charge is 0.317 e. The van der Waals surface area contributed by atoms with E-state index in [9.17, 15) is 8.42 Å². The van der Waals surface area contributed by atoms with Crippen LogP contribution < -0.4 is 5.32 Å². The van der Waals surface area contributed by atoms with Crippen LogP contribution in [0.5, 0.6) is 0 Å². The molecule has 0 aliphatic carbocycles. The lowest BCUT2D eigenvalue weighted by Gasteiger charge is -2.31. The number of nitrogens with zero attached hydrogens (tertiary/aromatic N) is 1. The summed E-state index contributed by atoms with van der Waals surface area (Å²) in [5.41, 5.74) is 0.781. The van der Waals surface area contributed by atoms with Gasteiger partial charge in [-0.3, -0.25) is 0 Å². The summed E-state index contributed by atoms with van der Waals surface area (Å²) in [6, 6.07) is 5.46. The van der Waals surface area contributed by atoms with Gasteiger partial charge in [0.25, 0.3) is 0 Å². The van der Waals surface area contributed by atoms with Crippen LogP contribution in [0.25, 0.3) is 0 Å². The van der Waals surface area contributed by atoms with E-state index in [1.54, 1.807) is 13.1 Å². The first kappa shape index (κ1) is 17.9. The van der Waals surface area contributed by atoms with Gasteiger partial charge in [-0.1, -0.05) is 22.0 Å². The molecule has 1 aromatic rings. The molecular formula is C13H20BrClN2O2S. The van der Waals surface area contributed by atoms with Crippen LogP contribution in [0.4, 0.5) is 0 Å². The summed E-state index contributed by atoms with van der Waals surface area (Å²) in [4.78, 5) is 0.392. The molecule has 1 saturated heterocycles. The van der Waals surface area contributed by atoms with Gasteiger partial charge in [0.1, 0.15) is 0 Å². The predicted molar refractivity (Wildman–Crippen MR) is 87.0 cm³/mol. The Kier molecular flexibility index (Phi) is 6.47. The molecule has 0 spiro atoms. The summed E-state index contributed by atoms with van der Waals surface area (Å²) < 4.78 is 27.7. The second kappa shape index (κ2) is 7.22. The number of nitrogens with one attached hydrogen (secondary N) is 1. The second-order valence-corrected chi connectivity index (χ2v) is 7.79. The van der Waals surface area contributed by atoms with Gasteiger partial charge < -0.3 is 5.32 Å². The van der Waals surface area contributed by atoms with Gasteiger partial charge in [0.05, 0.1) is 4.90 Å². The van der Waals surface area contributed by atoms with E-state index in [0.717, 1.165) is 36.0 Å². The number of halogens is 2. The third-order valence-electron chi connectivity index (χ3n) is 3.63. The Morgan fingerprint density at radius 2 is 1.90 bits per heavy atom. The molecule has 0 amide bonds. The third-order valence-corrected chi connectivity index (χ3v) is 6.18. The van der Waals surface area contributed by atoms with Gasteiger partial charge in [0.2, 0.25) is 10.0 Å². The molecule has 114 valence electrons. The van der Waals surface area contributed by atoms with E-state index in [0.29, 0.717) is 4.90 Å². The Labute approximate surface area is 135 Å². The van der Waals surface area contributed by atoms with Crippen LogP contribution in [0.1, 0.15) is 18.4 Å². The van der Waals surface area contributed by atoms with E-state index >= 15 is 0 Å². The van der Waals surface area contributed by atoms with Gasteiger partial charge in [-0.2, -0.15) is 4.31 Å². The van der Waals surface area contributed by atoms with E-state index < -0.39 is 10.0 Å². The van der Waals surface area contributed by atoms with Crippen LogP contribution in [0.15, 0.2) is 27.6 Å². The zero-order valence-corrected chi connectivity index (χ0v) is 14.8. The fourth-order valence-electron chi connectivity index (χ4n) is 2.37. The first-order valence-electron chi connectivity index (χ1n) is 6.38. The lowest BCUT2D eigenvalue weighted by Crippen LogP contribution is -2.44. The highest BCUT2D eigenvalue weighted by atomic mass is 79.9. The number of piperidine rings is 1. The Bertz CT molecular complexity index is 559. The van der Waals surface area contributed by atoms with Crippen LogP contribution >= 0.6 is 28.3 Å². The van der Waals surface area contributed by atoms with E-state index in [1.165, 1.54) is 4.31 Å². The van der Waals surface area contributed by atoms with Crippen LogP contribution in [0, 0.1) is 6.92 Å². The maximum atomic E-state index is 12.7. The maximum absolute atomic E-state index is 12.7. The van der Waals surface area contributed by atoms with Crippen molar-refractivity contribution in [2.45, 2.75) is 30.7 Å². The molecule has 0 bridgehead atoms. The fraction of sp³-hybridized carbons (Fsp3) is 0.538. The summed E-state index contributed by atoms with van der Waals surface area (Å²) in [7, 11) is -1.73. The molecule has 1 aromatic carbocycles. The molecule has 1 heterocycles. The number of sulfonamides is 1. The van der Waals surface area contributed by atoms with Gasteiger partial charge in [0.15, 0.2) is 0 Å².